The van der Waals surface area contributed by atoms with Crippen molar-refractivity contribution in [2.45, 2.75) is 6.61 Å². The predicted octanol–water partition coefficient (Wildman–Crippen LogP) is 4.42. The molecule has 3 aromatic heterocycles. The number of nitrogens with zero attached hydrogens (tertiary/aromatic N) is 2. The summed E-state index contributed by atoms with van der Waals surface area (Å²) in [6, 6.07) is 15.3. The molecule has 28 heavy (non-hydrogen) atoms. The van der Waals surface area contributed by atoms with Crippen LogP contribution in [0, 0.1) is 11.3 Å². The van der Waals surface area contributed by atoms with Gasteiger partial charge in [-0.1, -0.05) is 36.4 Å². The maximum Gasteiger partial charge on any atom is 0.350 e. The Balaban J connectivity index is 1.80. The molecule has 0 aliphatic rings. The third-order valence-electron chi connectivity index (χ3n) is 4.18. The van der Waals surface area contributed by atoms with E-state index in [9.17, 15) is 10.1 Å². The molecular weight excluding hydrogens is 392 g/mol. The van der Waals surface area contributed by atoms with Gasteiger partial charge in [0.2, 0.25) is 0 Å². The lowest BCUT2D eigenvalue weighted by atomic mass is 10.0. The van der Waals surface area contributed by atoms with Gasteiger partial charge in [0, 0.05) is 15.8 Å². The van der Waals surface area contributed by atoms with Crippen LogP contribution in [0.15, 0.2) is 47.8 Å². The summed E-state index contributed by atoms with van der Waals surface area (Å²) in [4.78, 5) is 18.5. The van der Waals surface area contributed by atoms with Gasteiger partial charge in [0.05, 0.1) is 5.69 Å². The fourth-order valence-electron chi connectivity index (χ4n) is 2.89. The SMILES string of the molecule is N#Cc1c(N)nc2sc(C(=O)OCc3ccccc3)c(N)c2c1-c1cccs1. The summed E-state index contributed by atoms with van der Waals surface area (Å²) in [5.74, 6) is -0.414. The van der Waals surface area contributed by atoms with Crippen LogP contribution < -0.4 is 11.5 Å². The van der Waals surface area contributed by atoms with Crippen LogP contribution in [0.3, 0.4) is 0 Å². The van der Waals surface area contributed by atoms with Gasteiger partial charge in [-0.3, -0.25) is 0 Å². The molecule has 1 aromatic carbocycles. The molecule has 0 saturated carbocycles. The van der Waals surface area contributed by atoms with Gasteiger partial charge in [-0.05, 0) is 17.0 Å². The van der Waals surface area contributed by atoms with E-state index in [1.54, 1.807) is 0 Å². The second-order valence-corrected chi connectivity index (χ2v) is 7.87. The topological polar surface area (TPSA) is 115 Å². The molecule has 0 unspecified atom stereocenters. The third-order valence-corrected chi connectivity index (χ3v) is 6.15. The van der Waals surface area contributed by atoms with Crippen LogP contribution in [-0.2, 0) is 11.3 Å². The normalized spacial score (nSPS) is 10.7. The number of thiophene rings is 2. The van der Waals surface area contributed by atoms with E-state index >= 15 is 0 Å². The van der Waals surface area contributed by atoms with Crippen molar-refractivity contribution in [2.75, 3.05) is 11.5 Å². The number of ether oxygens (including phenoxy) is 1. The molecule has 0 fully saturated rings. The number of rotatable bonds is 4. The van der Waals surface area contributed by atoms with Gasteiger partial charge in [0.25, 0.3) is 0 Å². The van der Waals surface area contributed by atoms with E-state index in [0.29, 0.717) is 15.8 Å². The number of esters is 1. The first kappa shape index (κ1) is 18.0. The standard InChI is InChI=1S/C20H14N4O2S2/c21-9-12-14(13-7-4-8-27-13)15-16(22)17(28-19(15)24-18(12)23)20(25)26-10-11-5-2-1-3-6-11/h1-8H,10,22H2,(H2,23,24). The number of pyridine rings is 1. The van der Waals surface area contributed by atoms with Crippen LogP contribution in [0.4, 0.5) is 11.5 Å². The lowest BCUT2D eigenvalue weighted by Gasteiger charge is -2.07. The monoisotopic (exact) mass is 406 g/mol. The van der Waals surface area contributed by atoms with Crippen LogP contribution in [0.25, 0.3) is 20.7 Å². The Kier molecular flexibility index (Phi) is 4.69. The molecule has 4 rings (SSSR count). The van der Waals surface area contributed by atoms with Crippen molar-refractivity contribution in [1.82, 2.24) is 4.98 Å². The molecule has 6 nitrogen and oxygen atoms in total. The van der Waals surface area contributed by atoms with E-state index in [1.165, 1.54) is 11.3 Å². The van der Waals surface area contributed by atoms with Crippen LogP contribution in [0.2, 0.25) is 0 Å². The number of aromatic nitrogens is 1. The quantitative estimate of drug-likeness (QED) is 0.485. The Morgan fingerprint density at radius 2 is 1.96 bits per heavy atom. The molecule has 0 saturated heterocycles. The minimum absolute atomic E-state index is 0.115. The summed E-state index contributed by atoms with van der Waals surface area (Å²) in [7, 11) is 0. The van der Waals surface area contributed by atoms with E-state index < -0.39 is 5.97 Å². The maximum atomic E-state index is 12.6. The van der Waals surface area contributed by atoms with Gasteiger partial charge in [-0.25, -0.2) is 9.78 Å². The molecule has 138 valence electrons. The minimum Gasteiger partial charge on any atom is -0.457 e. The zero-order valence-corrected chi connectivity index (χ0v) is 16.1. The minimum atomic E-state index is -0.529. The number of benzene rings is 1. The second-order valence-electron chi connectivity index (χ2n) is 5.92. The Morgan fingerprint density at radius 1 is 1.18 bits per heavy atom. The van der Waals surface area contributed by atoms with Gasteiger partial charge in [0.15, 0.2) is 0 Å². The highest BCUT2D eigenvalue weighted by atomic mass is 32.1. The zero-order chi connectivity index (χ0) is 19.7. The molecule has 3 heterocycles. The van der Waals surface area contributed by atoms with Crippen molar-refractivity contribution in [3.05, 3.63) is 63.8 Å². The van der Waals surface area contributed by atoms with Gasteiger partial charge in [-0.15, -0.1) is 22.7 Å². The molecule has 0 aliphatic carbocycles. The van der Waals surface area contributed by atoms with Gasteiger partial charge in [0.1, 0.15) is 33.8 Å². The fourth-order valence-corrected chi connectivity index (χ4v) is 4.68. The molecule has 0 radical (unpaired) electrons. The van der Waals surface area contributed by atoms with Crippen LogP contribution in [-0.4, -0.2) is 11.0 Å². The number of fused-ring (bicyclic) bond motifs is 1. The number of carbonyl (C=O) groups excluding carboxylic acids is 1. The summed E-state index contributed by atoms with van der Waals surface area (Å²) in [6.45, 7) is 0.143. The van der Waals surface area contributed by atoms with E-state index in [-0.39, 0.29) is 28.6 Å². The predicted molar refractivity (Wildman–Crippen MR) is 112 cm³/mol. The number of nitriles is 1. The molecule has 0 spiro atoms. The molecule has 4 N–H and O–H groups in total. The number of anilines is 2. The molecule has 0 amide bonds. The molecule has 4 aromatic rings. The highest BCUT2D eigenvalue weighted by Gasteiger charge is 2.25. The molecule has 8 heteroatoms. The van der Waals surface area contributed by atoms with Crippen molar-refractivity contribution < 1.29 is 9.53 Å². The van der Waals surface area contributed by atoms with Crippen LogP contribution in [0.1, 0.15) is 20.8 Å². The first-order chi connectivity index (χ1) is 13.6. The van der Waals surface area contributed by atoms with Gasteiger partial charge >= 0.3 is 5.97 Å². The number of nitrogen functional groups attached to an aromatic ring is 2. The van der Waals surface area contributed by atoms with Crippen LogP contribution in [0.5, 0.6) is 0 Å². The van der Waals surface area contributed by atoms with Gasteiger partial charge < -0.3 is 16.2 Å². The number of nitrogens with two attached hydrogens (primary N) is 2. The van der Waals surface area contributed by atoms with Crippen molar-refractivity contribution in [2.24, 2.45) is 0 Å². The number of carbonyl (C=O) groups is 1. The summed E-state index contributed by atoms with van der Waals surface area (Å²) in [6.07, 6.45) is 0. The first-order valence-electron chi connectivity index (χ1n) is 8.26. The van der Waals surface area contributed by atoms with Crippen molar-refractivity contribution in [3.8, 4) is 16.5 Å². The fraction of sp³-hybridized carbons (Fsp3) is 0.0500. The summed E-state index contributed by atoms with van der Waals surface area (Å²) in [5.41, 5.74) is 14.3. The lowest BCUT2D eigenvalue weighted by molar-refractivity contribution is 0.0480. The van der Waals surface area contributed by atoms with E-state index in [0.717, 1.165) is 21.8 Å². The van der Waals surface area contributed by atoms with E-state index in [4.69, 9.17) is 16.2 Å². The summed E-state index contributed by atoms with van der Waals surface area (Å²) < 4.78 is 5.41. The van der Waals surface area contributed by atoms with Crippen molar-refractivity contribution in [3.63, 3.8) is 0 Å². The Labute approximate surface area is 168 Å². The maximum absolute atomic E-state index is 12.6. The van der Waals surface area contributed by atoms with Crippen molar-refractivity contribution in [1.29, 1.82) is 5.26 Å². The van der Waals surface area contributed by atoms with Crippen molar-refractivity contribution >= 4 is 50.4 Å². The number of hydrogen-bond donors (Lipinski definition) is 2. The first-order valence-corrected chi connectivity index (χ1v) is 9.96. The zero-order valence-electron chi connectivity index (χ0n) is 14.5. The Hall–Kier alpha value is -3.41. The van der Waals surface area contributed by atoms with E-state index in [2.05, 4.69) is 11.1 Å². The average Bonchev–Trinajstić information content (AvgIpc) is 3.34. The largest absolute Gasteiger partial charge is 0.457 e. The van der Waals surface area contributed by atoms with Crippen LogP contribution >= 0.6 is 22.7 Å². The molecule has 0 atom stereocenters. The highest BCUT2D eigenvalue weighted by molar-refractivity contribution is 7.21. The lowest BCUT2D eigenvalue weighted by Crippen LogP contribution is -2.05. The van der Waals surface area contributed by atoms with Gasteiger partial charge in [-0.2, -0.15) is 5.26 Å². The number of hydrogen-bond acceptors (Lipinski definition) is 8. The average molecular weight is 406 g/mol. The second kappa shape index (κ2) is 7.31. The highest BCUT2D eigenvalue weighted by Crippen LogP contribution is 2.44. The third kappa shape index (κ3) is 3.07. The molecular formula is C20H14N4O2S2. The smallest absolute Gasteiger partial charge is 0.350 e. The van der Waals surface area contributed by atoms with E-state index in [1.807, 2.05) is 47.8 Å². The Bertz CT molecular complexity index is 1210. The Morgan fingerprint density at radius 3 is 2.64 bits per heavy atom. The summed E-state index contributed by atoms with van der Waals surface area (Å²) in [5, 5.41) is 12.0. The molecule has 0 bridgehead atoms. The summed E-state index contributed by atoms with van der Waals surface area (Å²) >= 11 is 2.58. The molecule has 0 aliphatic heterocycles.